The van der Waals surface area contributed by atoms with E-state index in [1.54, 1.807) is 14.0 Å². The van der Waals surface area contributed by atoms with Gasteiger partial charge in [-0.1, -0.05) is 0 Å². The van der Waals surface area contributed by atoms with Gasteiger partial charge in [-0.25, -0.2) is 4.39 Å². The standard InChI is InChI=1S/C12H12BrFN4O/c1-6-3-9(14)8(13)4-10(6)17-12(19)7-5-16-18(2)11(7)15/h3-5H,15H2,1-2H3,(H,17,19). The van der Waals surface area contributed by atoms with Crippen LogP contribution in [0.3, 0.4) is 0 Å². The quantitative estimate of drug-likeness (QED) is 0.890. The third kappa shape index (κ3) is 2.60. The van der Waals surface area contributed by atoms with Crippen molar-refractivity contribution in [3.8, 4) is 0 Å². The monoisotopic (exact) mass is 326 g/mol. The highest BCUT2D eigenvalue weighted by Gasteiger charge is 2.15. The van der Waals surface area contributed by atoms with Crippen LogP contribution in [0.1, 0.15) is 15.9 Å². The first-order valence-electron chi connectivity index (χ1n) is 5.44. The van der Waals surface area contributed by atoms with Crippen LogP contribution in [0.15, 0.2) is 22.8 Å². The minimum Gasteiger partial charge on any atom is -0.383 e. The lowest BCUT2D eigenvalue weighted by molar-refractivity contribution is 0.102. The van der Waals surface area contributed by atoms with E-state index in [9.17, 15) is 9.18 Å². The maximum atomic E-state index is 13.3. The van der Waals surface area contributed by atoms with Crippen LogP contribution < -0.4 is 11.1 Å². The van der Waals surface area contributed by atoms with Gasteiger partial charge in [-0.2, -0.15) is 5.10 Å². The summed E-state index contributed by atoms with van der Waals surface area (Å²) < 4.78 is 15.0. The summed E-state index contributed by atoms with van der Waals surface area (Å²) in [5.41, 5.74) is 7.14. The molecule has 1 amide bonds. The molecule has 1 aromatic carbocycles. The smallest absolute Gasteiger partial charge is 0.261 e. The largest absolute Gasteiger partial charge is 0.383 e. The first-order chi connectivity index (χ1) is 8.90. The van der Waals surface area contributed by atoms with Crippen LogP contribution in [-0.4, -0.2) is 15.7 Å². The number of aryl methyl sites for hydroxylation is 2. The zero-order valence-corrected chi connectivity index (χ0v) is 12.0. The van der Waals surface area contributed by atoms with Gasteiger partial charge in [0.05, 0.1) is 10.7 Å². The Morgan fingerprint density at radius 3 is 2.79 bits per heavy atom. The average molecular weight is 327 g/mol. The molecule has 0 bridgehead atoms. The Morgan fingerprint density at radius 1 is 1.53 bits per heavy atom. The SMILES string of the molecule is Cc1cc(F)c(Br)cc1NC(=O)c1cnn(C)c1N. The van der Waals surface area contributed by atoms with Crippen molar-refractivity contribution < 1.29 is 9.18 Å². The van der Waals surface area contributed by atoms with Gasteiger partial charge in [0, 0.05) is 12.7 Å². The number of nitrogens with one attached hydrogen (secondary N) is 1. The lowest BCUT2D eigenvalue weighted by Gasteiger charge is -2.09. The number of anilines is 2. The number of carbonyl (C=O) groups is 1. The molecule has 2 rings (SSSR count). The summed E-state index contributed by atoms with van der Waals surface area (Å²) in [6.07, 6.45) is 1.39. The van der Waals surface area contributed by atoms with Crippen molar-refractivity contribution in [3.63, 3.8) is 0 Å². The second-order valence-corrected chi connectivity index (χ2v) is 4.96. The molecule has 5 nitrogen and oxygen atoms in total. The van der Waals surface area contributed by atoms with E-state index in [0.717, 1.165) is 0 Å². The summed E-state index contributed by atoms with van der Waals surface area (Å²) in [6.45, 7) is 1.71. The average Bonchev–Trinajstić information content (AvgIpc) is 2.67. The van der Waals surface area contributed by atoms with Crippen LogP contribution in [0.2, 0.25) is 0 Å². The summed E-state index contributed by atoms with van der Waals surface area (Å²) in [5, 5.41) is 6.57. The van der Waals surface area contributed by atoms with Crippen molar-refractivity contribution in [3.05, 3.63) is 39.7 Å². The first-order valence-corrected chi connectivity index (χ1v) is 6.24. The number of amides is 1. The number of halogens is 2. The Hall–Kier alpha value is -1.89. The van der Waals surface area contributed by atoms with Crippen LogP contribution in [0.5, 0.6) is 0 Å². The number of nitrogens with two attached hydrogens (primary N) is 1. The molecule has 7 heteroatoms. The van der Waals surface area contributed by atoms with Crippen LogP contribution in [0, 0.1) is 12.7 Å². The predicted molar refractivity (Wildman–Crippen MR) is 74.4 cm³/mol. The van der Waals surface area contributed by atoms with E-state index in [0.29, 0.717) is 11.3 Å². The molecule has 0 aliphatic heterocycles. The highest BCUT2D eigenvalue weighted by atomic mass is 79.9. The fraction of sp³-hybridized carbons (Fsp3) is 0.167. The van der Waals surface area contributed by atoms with Crippen LogP contribution >= 0.6 is 15.9 Å². The Kier molecular flexibility index (Phi) is 3.57. The minimum atomic E-state index is -0.382. The van der Waals surface area contributed by atoms with Crippen molar-refractivity contribution in [2.75, 3.05) is 11.1 Å². The van der Waals surface area contributed by atoms with E-state index in [1.165, 1.54) is 23.0 Å². The van der Waals surface area contributed by atoms with Crippen molar-refractivity contribution >= 4 is 33.3 Å². The molecule has 0 unspecified atom stereocenters. The molecule has 2 aromatic rings. The van der Waals surface area contributed by atoms with Crippen LogP contribution in [-0.2, 0) is 7.05 Å². The molecule has 0 radical (unpaired) electrons. The fourth-order valence-electron chi connectivity index (χ4n) is 1.59. The molecule has 1 heterocycles. The van der Waals surface area contributed by atoms with E-state index in [1.807, 2.05) is 0 Å². The number of carbonyl (C=O) groups excluding carboxylic acids is 1. The van der Waals surface area contributed by atoms with Crippen LogP contribution in [0.4, 0.5) is 15.9 Å². The molecule has 0 atom stereocenters. The van der Waals surface area contributed by atoms with Gasteiger partial charge in [-0.05, 0) is 40.5 Å². The fourth-order valence-corrected chi connectivity index (χ4v) is 1.94. The number of rotatable bonds is 2. The number of hydrogen-bond donors (Lipinski definition) is 2. The summed E-state index contributed by atoms with van der Waals surface area (Å²) >= 11 is 3.08. The van der Waals surface area contributed by atoms with Gasteiger partial charge >= 0.3 is 0 Å². The normalized spacial score (nSPS) is 10.5. The zero-order chi connectivity index (χ0) is 14.2. The molecule has 19 heavy (non-hydrogen) atoms. The molecule has 0 spiro atoms. The third-order valence-electron chi connectivity index (χ3n) is 2.74. The molecule has 0 saturated carbocycles. The van der Waals surface area contributed by atoms with E-state index < -0.39 is 0 Å². The Bertz CT molecular complexity index is 653. The Morgan fingerprint density at radius 2 is 2.21 bits per heavy atom. The van der Waals surface area contributed by atoms with E-state index in [4.69, 9.17) is 5.73 Å². The molecule has 1 aromatic heterocycles. The minimum absolute atomic E-state index is 0.274. The summed E-state index contributed by atoms with van der Waals surface area (Å²) in [7, 11) is 1.64. The maximum Gasteiger partial charge on any atom is 0.261 e. The highest BCUT2D eigenvalue weighted by molar-refractivity contribution is 9.10. The van der Waals surface area contributed by atoms with Gasteiger partial charge in [-0.15, -0.1) is 0 Å². The predicted octanol–water partition coefficient (Wildman–Crippen LogP) is 2.46. The van der Waals surface area contributed by atoms with E-state index in [2.05, 4.69) is 26.3 Å². The summed E-state index contributed by atoms with van der Waals surface area (Å²) in [5.74, 6) is -0.486. The molecule has 0 fully saturated rings. The molecular formula is C12H12BrFN4O. The van der Waals surface area contributed by atoms with Gasteiger partial charge in [0.1, 0.15) is 17.2 Å². The second-order valence-electron chi connectivity index (χ2n) is 4.10. The lowest BCUT2D eigenvalue weighted by atomic mass is 10.2. The zero-order valence-electron chi connectivity index (χ0n) is 10.4. The van der Waals surface area contributed by atoms with Gasteiger partial charge in [0.2, 0.25) is 0 Å². The number of nitrogen functional groups attached to an aromatic ring is 1. The summed E-state index contributed by atoms with van der Waals surface area (Å²) in [4.78, 5) is 12.0. The molecular weight excluding hydrogens is 315 g/mol. The topological polar surface area (TPSA) is 72.9 Å². The van der Waals surface area contributed by atoms with Gasteiger partial charge < -0.3 is 11.1 Å². The van der Waals surface area contributed by atoms with Crippen molar-refractivity contribution in [1.82, 2.24) is 9.78 Å². The van der Waals surface area contributed by atoms with Gasteiger partial charge in [0.25, 0.3) is 5.91 Å². The number of nitrogens with zero attached hydrogens (tertiary/aromatic N) is 2. The molecule has 0 saturated heterocycles. The maximum absolute atomic E-state index is 13.3. The number of benzene rings is 1. The molecule has 0 aliphatic carbocycles. The van der Waals surface area contributed by atoms with Crippen molar-refractivity contribution in [2.45, 2.75) is 6.92 Å². The van der Waals surface area contributed by atoms with E-state index in [-0.39, 0.29) is 27.6 Å². The number of aromatic nitrogens is 2. The Balaban J connectivity index is 2.29. The third-order valence-corrected chi connectivity index (χ3v) is 3.35. The van der Waals surface area contributed by atoms with Crippen molar-refractivity contribution in [1.29, 1.82) is 0 Å². The van der Waals surface area contributed by atoms with E-state index >= 15 is 0 Å². The van der Waals surface area contributed by atoms with Crippen molar-refractivity contribution in [2.24, 2.45) is 7.05 Å². The van der Waals surface area contributed by atoms with Gasteiger partial charge in [-0.3, -0.25) is 9.48 Å². The van der Waals surface area contributed by atoms with Gasteiger partial charge in [0.15, 0.2) is 0 Å². The molecule has 3 N–H and O–H groups in total. The second kappa shape index (κ2) is 5.00. The lowest BCUT2D eigenvalue weighted by Crippen LogP contribution is -2.14. The highest BCUT2D eigenvalue weighted by Crippen LogP contribution is 2.25. The Labute approximate surface area is 117 Å². The molecule has 100 valence electrons. The number of hydrogen-bond acceptors (Lipinski definition) is 3. The first kappa shape index (κ1) is 13.5. The van der Waals surface area contributed by atoms with Crippen LogP contribution in [0.25, 0.3) is 0 Å². The molecule has 0 aliphatic rings. The summed E-state index contributed by atoms with van der Waals surface area (Å²) in [6, 6.07) is 2.85.